The molecule has 4 aromatic rings. The normalized spacial score (nSPS) is 10.9. The first-order valence-corrected chi connectivity index (χ1v) is 10.9. The molecule has 2 heterocycles. The smallest absolute Gasteiger partial charge is 0.292 e. The van der Waals surface area contributed by atoms with Gasteiger partial charge in [0.2, 0.25) is 0 Å². The molecule has 0 bridgehead atoms. The zero-order valence-corrected chi connectivity index (χ0v) is 19.5. The summed E-state index contributed by atoms with van der Waals surface area (Å²) in [7, 11) is 0. The van der Waals surface area contributed by atoms with Gasteiger partial charge in [0, 0.05) is 21.8 Å². The van der Waals surface area contributed by atoms with Gasteiger partial charge in [-0.25, -0.2) is 4.39 Å². The standard InChI is InChI=1S/C23H17Cl3FN3O3/c1-13-8-22(29-30(13)11-14-2-4-16(27)10-18(14)25)28-23(31)21-7-5-17(33-21)12-32-20-6-3-15(24)9-19(20)26/h2-10H,11-12H2,1H3,(H,28,29,31). The highest BCUT2D eigenvalue weighted by molar-refractivity contribution is 6.35. The molecule has 0 aliphatic heterocycles. The number of carbonyl (C=O) groups is 1. The fourth-order valence-corrected chi connectivity index (χ4v) is 3.73. The Morgan fingerprint density at radius 3 is 2.67 bits per heavy atom. The molecule has 1 amide bonds. The van der Waals surface area contributed by atoms with Crippen molar-refractivity contribution in [2.24, 2.45) is 0 Å². The van der Waals surface area contributed by atoms with Crippen LogP contribution < -0.4 is 10.1 Å². The lowest BCUT2D eigenvalue weighted by atomic mass is 10.2. The number of rotatable bonds is 7. The van der Waals surface area contributed by atoms with Gasteiger partial charge >= 0.3 is 0 Å². The maximum Gasteiger partial charge on any atom is 0.292 e. The molecular weight excluding hydrogens is 492 g/mol. The molecule has 0 saturated carbocycles. The molecule has 2 aromatic heterocycles. The molecule has 0 fully saturated rings. The van der Waals surface area contributed by atoms with Crippen molar-refractivity contribution in [3.05, 3.63) is 98.3 Å². The van der Waals surface area contributed by atoms with E-state index in [0.717, 1.165) is 5.69 Å². The average Bonchev–Trinajstić information content (AvgIpc) is 3.36. The Hall–Kier alpha value is -3.00. The van der Waals surface area contributed by atoms with E-state index in [-0.39, 0.29) is 12.4 Å². The van der Waals surface area contributed by atoms with E-state index in [9.17, 15) is 9.18 Å². The van der Waals surface area contributed by atoms with Gasteiger partial charge in [0.25, 0.3) is 5.91 Å². The number of nitrogens with one attached hydrogen (secondary N) is 1. The minimum absolute atomic E-state index is 0.0841. The number of hydrogen-bond acceptors (Lipinski definition) is 4. The fraction of sp³-hybridized carbons (Fsp3) is 0.130. The molecule has 0 unspecified atom stereocenters. The van der Waals surface area contributed by atoms with E-state index in [1.54, 1.807) is 47.1 Å². The largest absolute Gasteiger partial charge is 0.484 e. The molecule has 33 heavy (non-hydrogen) atoms. The summed E-state index contributed by atoms with van der Waals surface area (Å²) in [6, 6.07) is 14.0. The lowest BCUT2D eigenvalue weighted by Gasteiger charge is -2.07. The van der Waals surface area contributed by atoms with Crippen LogP contribution in [0.1, 0.15) is 27.6 Å². The van der Waals surface area contributed by atoms with Crippen molar-refractivity contribution in [3.8, 4) is 5.75 Å². The Morgan fingerprint density at radius 2 is 1.91 bits per heavy atom. The van der Waals surface area contributed by atoms with Crippen LogP contribution in [0.25, 0.3) is 0 Å². The fourth-order valence-electron chi connectivity index (χ4n) is 3.04. The number of furan rings is 1. The maximum atomic E-state index is 13.3. The van der Waals surface area contributed by atoms with E-state index >= 15 is 0 Å². The summed E-state index contributed by atoms with van der Waals surface area (Å²) in [6.07, 6.45) is 0. The maximum absolute atomic E-state index is 13.3. The number of anilines is 1. The summed E-state index contributed by atoms with van der Waals surface area (Å²) in [5.41, 5.74) is 1.50. The van der Waals surface area contributed by atoms with E-state index in [4.69, 9.17) is 44.0 Å². The number of ether oxygens (including phenoxy) is 1. The predicted molar refractivity (Wildman–Crippen MR) is 125 cm³/mol. The van der Waals surface area contributed by atoms with Gasteiger partial charge < -0.3 is 14.5 Å². The second-order valence-electron chi connectivity index (χ2n) is 7.15. The number of hydrogen-bond donors (Lipinski definition) is 1. The molecule has 170 valence electrons. The van der Waals surface area contributed by atoms with Gasteiger partial charge in [-0.1, -0.05) is 40.9 Å². The van der Waals surface area contributed by atoms with Gasteiger partial charge in [0.15, 0.2) is 11.6 Å². The van der Waals surface area contributed by atoms with Gasteiger partial charge in [-0.15, -0.1) is 0 Å². The van der Waals surface area contributed by atoms with Crippen LogP contribution >= 0.6 is 34.8 Å². The SMILES string of the molecule is Cc1cc(NC(=O)c2ccc(COc3ccc(Cl)cc3Cl)o2)nn1Cc1ccc(F)cc1Cl. The van der Waals surface area contributed by atoms with Crippen molar-refractivity contribution in [1.29, 1.82) is 0 Å². The molecule has 0 spiro atoms. The number of benzene rings is 2. The third-order valence-electron chi connectivity index (χ3n) is 4.71. The van der Waals surface area contributed by atoms with E-state index in [2.05, 4.69) is 10.4 Å². The van der Waals surface area contributed by atoms with Crippen molar-refractivity contribution < 1.29 is 18.3 Å². The van der Waals surface area contributed by atoms with E-state index in [1.165, 1.54) is 12.1 Å². The van der Waals surface area contributed by atoms with Crippen LogP contribution in [0.15, 0.2) is 59.0 Å². The van der Waals surface area contributed by atoms with Crippen LogP contribution in [0.3, 0.4) is 0 Å². The Balaban J connectivity index is 1.38. The van der Waals surface area contributed by atoms with Crippen molar-refractivity contribution in [2.75, 3.05) is 5.32 Å². The monoisotopic (exact) mass is 507 g/mol. The van der Waals surface area contributed by atoms with Crippen LogP contribution in [0.4, 0.5) is 10.2 Å². The van der Waals surface area contributed by atoms with Crippen LogP contribution in [0.2, 0.25) is 15.1 Å². The Kier molecular flexibility index (Phi) is 6.93. The van der Waals surface area contributed by atoms with Crippen molar-refractivity contribution in [2.45, 2.75) is 20.1 Å². The first-order valence-electron chi connectivity index (χ1n) is 9.75. The minimum atomic E-state index is -0.463. The molecule has 0 aliphatic carbocycles. The van der Waals surface area contributed by atoms with Gasteiger partial charge in [0.05, 0.1) is 11.6 Å². The number of nitrogens with zero attached hydrogens (tertiary/aromatic N) is 2. The summed E-state index contributed by atoms with van der Waals surface area (Å²) >= 11 is 18.1. The van der Waals surface area contributed by atoms with Crippen molar-refractivity contribution in [3.63, 3.8) is 0 Å². The highest BCUT2D eigenvalue weighted by Gasteiger charge is 2.15. The highest BCUT2D eigenvalue weighted by Crippen LogP contribution is 2.28. The summed E-state index contributed by atoms with van der Waals surface area (Å²) in [5.74, 6) is 0.468. The molecule has 0 radical (unpaired) electrons. The first kappa shape index (κ1) is 23.2. The average molecular weight is 509 g/mol. The number of aromatic nitrogens is 2. The van der Waals surface area contributed by atoms with Crippen molar-refractivity contribution >= 4 is 46.5 Å². The van der Waals surface area contributed by atoms with E-state index < -0.39 is 11.7 Å². The van der Waals surface area contributed by atoms with Gasteiger partial charge in [0.1, 0.15) is 23.9 Å². The van der Waals surface area contributed by atoms with Crippen LogP contribution in [0.5, 0.6) is 5.75 Å². The third-order valence-corrected chi connectivity index (χ3v) is 5.59. The predicted octanol–water partition coefficient (Wildman–Crippen LogP) is 6.76. The molecular formula is C23H17Cl3FN3O3. The second-order valence-corrected chi connectivity index (χ2v) is 8.40. The Labute approximate surface area is 203 Å². The molecule has 0 saturated heterocycles. The van der Waals surface area contributed by atoms with Crippen LogP contribution in [-0.2, 0) is 13.2 Å². The Bertz CT molecular complexity index is 1320. The number of amides is 1. The van der Waals surface area contributed by atoms with Gasteiger partial charge in [-0.3, -0.25) is 9.48 Å². The van der Waals surface area contributed by atoms with Crippen molar-refractivity contribution in [1.82, 2.24) is 9.78 Å². The Morgan fingerprint density at radius 1 is 1.09 bits per heavy atom. The summed E-state index contributed by atoms with van der Waals surface area (Å²) in [6.45, 7) is 2.25. The molecule has 6 nitrogen and oxygen atoms in total. The van der Waals surface area contributed by atoms with Crippen LogP contribution in [0, 0.1) is 12.7 Å². The second kappa shape index (κ2) is 9.87. The van der Waals surface area contributed by atoms with Crippen LogP contribution in [-0.4, -0.2) is 15.7 Å². The lowest BCUT2D eigenvalue weighted by molar-refractivity contribution is 0.0992. The highest BCUT2D eigenvalue weighted by atomic mass is 35.5. The number of carbonyl (C=O) groups excluding carboxylic acids is 1. The van der Waals surface area contributed by atoms with Gasteiger partial charge in [-0.05, 0) is 55.0 Å². The molecule has 0 atom stereocenters. The zero-order chi connectivity index (χ0) is 23.5. The first-order chi connectivity index (χ1) is 15.8. The summed E-state index contributed by atoms with van der Waals surface area (Å²) in [4.78, 5) is 12.6. The van der Waals surface area contributed by atoms with E-state index in [1.807, 2.05) is 6.92 Å². The molecule has 0 aliphatic rings. The van der Waals surface area contributed by atoms with Gasteiger partial charge in [-0.2, -0.15) is 5.10 Å². The van der Waals surface area contributed by atoms with E-state index in [0.29, 0.717) is 44.5 Å². The number of aryl methyl sites for hydroxylation is 1. The zero-order valence-electron chi connectivity index (χ0n) is 17.2. The molecule has 2 aromatic carbocycles. The molecule has 4 rings (SSSR count). The molecule has 10 heteroatoms. The summed E-state index contributed by atoms with van der Waals surface area (Å²) in [5, 5.41) is 8.26. The summed E-state index contributed by atoms with van der Waals surface area (Å²) < 4.78 is 26.1. The minimum Gasteiger partial charge on any atom is -0.484 e. The number of halogens is 4. The topological polar surface area (TPSA) is 69.3 Å². The lowest BCUT2D eigenvalue weighted by Crippen LogP contribution is -2.12. The third kappa shape index (κ3) is 5.68. The quantitative estimate of drug-likeness (QED) is 0.299. The molecule has 1 N–H and O–H groups in total.